The van der Waals surface area contributed by atoms with Gasteiger partial charge in [-0.15, -0.1) is 0 Å². The highest BCUT2D eigenvalue weighted by molar-refractivity contribution is 7.92. The van der Waals surface area contributed by atoms with Crippen molar-refractivity contribution in [3.05, 3.63) is 89.2 Å². The molecule has 0 unspecified atom stereocenters. The Labute approximate surface area is 193 Å². The van der Waals surface area contributed by atoms with Gasteiger partial charge in [-0.3, -0.25) is 13.9 Å². The summed E-state index contributed by atoms with van der Waals surface area (Å²) in [5.41, 5.74) is 0.888. The van der Waals surface area contributed by atoms with Gasteiger partial charge in [0.15, 0.2) is 17.5 Å². The maximum Gasteiger partial charge on any atom is 0.264 e. The first-order valence-corrected chi connectivity index (χ1v) is 11.5. The average molecular weight is 489 g/mol. The summed E-state index contributed by atoms with van der Waals surface area (Å²) in [7, 11) is -3.93. The predicted octanol–water partition coefficient (Wildman–Crippen LogP) is 3.22. The molecule has 0 fully saturated rings. The summed E-state index contributed by atoms with van der Waals surface area (Å²) in [6, 6.07) is 14.0. The lowest BCUT2D eigenvalue weighted by Crippen LogP contribution is -2.33. The third-order valence-corrected chi connectivity index (χ3v) is 7.06. The van der Waals surface area contributed by atoms with Crippen LogP contribution in [0.1, 0.15) is 15.9 Å². The van der Waals surface area contributed by atoms with Crippen LogP contribution < -0.4 is 14.9 Å². The Kier molecular flexibility index (Phi) is 6.29. The van der Waals surface area contributed by atoms with Crippen molar-refractivity contribution in [2.45, 2.75) is 11.3 Å². The summed E-state index contributed by atoms with van der Waals surface area (Å²) >= 11 is 0. The van der Waals surface area contributed by atoms with Crippen molar-refractivity contribution >= 4 is 33.2 Å². The van der Waals surface area contributed by atoms with E-state index in [1.54, 1.807) is 12.1 Å². The molecular formula is C23H18F3N3O4S. The molecule has 0 spiro atoms. The fourth-order valence-electron chi connectivity index (χ4n) is 3.56. The van der Waals surface area contributed by atoms with Crippen LogP contribution in [0.25, 0.3) is 0 Å². The average Bonchev–Trinajstić information content (AvgIpc) is 3.28. The van der Waals surface area contributed by atoms with Crippen LogP contribution in [-0.4, -0.2) is 33.3 Å². The van der Waals surface area contributed by atoms with Crippen LogP contribution >= 0.6 is 0 Å². The number of halogens is 3. The van der Waals surface area contributed by atoms with Gasteiger partial charge in [-0.25, -0.2) is 21.6 Å². The lowest BCUT2D eigenvalue weighted by Gasteiger charge is -2.20. The second kappa shape index (κ2) is 9.18. The number of benzene rings is 3. The van der Waals surface area contributed by atoms with Crippen molar-refractivity contribution in [2.75, 3.05) is 22.7 Å². The van der Waals surface area contributed by atoms with Gasteiger partial charge in [0.1, 0.15) is 0 Å². The first-order valence-electron chi connectivity index (χ1n) is 10.1. The van der Waals surface area contributed by atoms with Crippen molar-refractivity contribution in [2.24, 2.45) is 0 Å². The molecule has 0 bridgehead atoms. The van der Waals surface area contributed by atoms with Crippen molar-refractivity contribution in [1.29, 1.82) is 0 Å². The monoisotopic (exact) mass is 489 g/mol. The highest BCUT2D eigenvalue weighted by atomic mass is 32.2. The Hall–Kier alpha value is -3.86. The van der Waals surface area contributed by atoms with E-state index >= 15 is 0 Å². The smallest absolute Gasteiger partial charge is 0.264 e. The quantitative estimate of drug-likeness (QED) is 0.520. The van der Waals surface area contributed by atoms with Gasteiger partial charge >= 0.3 is 0 Å². The number of carbonyl (C=O) groups excluding carboxylic acids is 2. The van der Waals surface area contributed by atoms with Crippen molar-refractivity contribution in [1.82, 2.24) is 5.32 Å². The standard InChI is InChI=1S/C23H18F3N3O4S/c24-17-8-9-18(22(26)21(17)25)28-20(30)13-27-23(31)15-5-3-6-16(12-15)34(32,33)29-11-10-14-4-1-2-7-19(14)29/h1-9,12H,10-11,13H2,(H,27,31)(H,28,30). The maximum atomic E-state index is 13.7. The lowest BCUT2D eigenvalue weighted by molar-refractivity contribution is -0.115. The molecule has 0 aliphatic carbocycles. The molecule has 3 aromatic rings. The van der Waals surface area contributed by atoms with Gasteiger partial charge in [0.25, 0.3) is 15.9 Å². The molecule has 0 saturated carbocycles. The van der Waals surface area contributed by atoms with E-state index in [1.807, 2.05) is 17.4 Å². The second-order valence-corrected chi connectivity index (χ2v) is 9.30. The summed E-state index contributed by atoms with van der Waals surface area (Å²) in [5, 5.41) is 4.31. The van der Waals surface area contributed by atoms with Crippen molar-refractivity contribution in [3.63, 3.8) is 0 Å². The number of nitrogens with one attached hydrogen (secondary N) is 2. The summed E-state index contributed by atoms with van der Waals surface area (Å²) in [4.78, 5) is 24.4. The minimum Gasteiger partial charge on any atom is -0.343 e. The third kappa shape index (κ3) is 4.46. The molecule has 3 aromatic carbocycles. The topological polar surface area (TPSA) is 95.6 Å². The van der Waals surface area contributed by atoms with Gasteiger partial charge in [-0.05, 0) is 48.4 Å². The van der Waals surface area contributed by atoms with Crippen LogP contribution in [0.15, 0.2) is 65.6 Å². The SMILES string of the molecule is O=C(CNC(=O)c1cccc(S(=O)(=O)N2CCc3ccccc32)c1)Nc1ccc(F)c(F)c1F. The van der Waals surface area contributed by atoms with E-state index in [9.17, 15) is 31.2 Å². The van der Waals surface area contributed by atoms with E-state index in [1.165, 1.54) is 28.6 Å². The van der Waals surface area contributed by atoms with Gasteiger partial charge in [0.2, 0.25) is 5.91 Å². The number of rotatable bonds is 6. The summed E-state index contributed by atoms with van der Waals surface area (Å²) in [6.45, 7) is -0.341. The molecule has 0 saturated heterocycles. The minimum atomic E-state index is -3.93. The van der Waals surface area contributed by atoms with Crippen LogP contribution in [0, 0.1) is 17.5 Å². The van der Waals surface area contributed by atoms with Gasteiger partial charge in [0.05, 0.1) is 22.8 Å². The minimum absolute atomic E-state index is 0.0136. The van der Waals surface area contributed by atoms with Crippen LogP contribution in [0.4, 0.5) is 24.5 Å². The van der Waals surface area contributed by atoms with E-state index in [0.717, 1.165) is 11.6 Å². The zero-order valence-corrected chi connectivity index (χ0v) is 18.3. The molecule has 11 heteroatoms. The second-order valence-electron chi connectivity index (χ2n) is 7.44. The van der Waals surface area contributed by atoms with Crippen LogP contribution in [0.3, 0.4) is 0 Å². The summed E-state index contributed by atoms with van der Waals surface area (Å²) in [5.74, 6) is -6.35. The van der Waals surface area contributed by atoms with E-state index in [-0.39, 0.29) is 17.0 Å². The van der Waals surface area contributed by atoms with Crippen molar-refractivity contribution in [3.8, 4) is 0 Å². The van der Waals surface area contributed by atoms with Crippen molar-refractivity contribution < 1.29 is 31.2 Å². The third-order valence-electron chi connectivity index (χ3n) is 5.25. The molecule has 4 rings (SSSR count). The molecular weight excluding hydrogens is 471 g/mol. The molecule has 34 heavy (non-hydrogen) atoms. The molecule has 176 valence electrons. The Morgan fingerprint density at radius 3 is 2.50 bits per heavy atom. The van der Waals surface area contributed by atoms with E-state index in [2.05, 4.69) is 5.32 Å². The predicted molar refractivity (Wildman–Crippen MR) is 118 cm³/mol. The molecule has 0 aromatic heterocycles. The largest absolute Gasteiger partial charge is 0.343 e. The fraction of sp³-hybridized carbons (Fsp3) is 0.130. The highest BCUT2D eigenvalue weighted by Crippen LogP contribution is 2.32. The molecule has 0 atom stereocenters. The van der Waals surface area contributed by atoms with E-state index < -0.39 is 51.5 Å². The number of sulfonamides is 1. The molecule has 1 heterocycles. The highest BCUT2D eigenvalue weighted by Gasteiger charge is 2.31. The number of carbonyl (C=O) groups is 2. The van der Waals surface area contributed by atoms with Crippen LogP contribution in [0.5, 0.6) is 0 Å². The number of fused-ring (bicyclic) bond motifs is 1. The molecule has 2 N–H and O–H groups in total. The van der Waals surface area contributed by atoms with Gasteiger partial charge in [-0.2, -0.15) is 0 Å². The maximum absolute atomic E-state index is 13.7. The number of hydrogen-bond acceptors (Lipinski definition) is 4. The first-order chi connectivity index (χ1) is 16.2. The Morgan fingerprint density at radius 2 is 1.71 bits per heavy atom. The Balaban J connectivity index is 1.44. The lowest BCUT2D eigenvalue weighted by atomic mass is 10.2. The molecule has 1 aliphatic rings. The van der Waals surface area contributed by atoms with E-state index in [4.69, 9.17) is 0 Å². The Bertz CT molecular complexity index is 1400. The van der Waals surface area contributed by atoms with Gasteiger partial charge in [0, 0.05) is 12.1 Å². The number of hydrogen-bond donors (Lipinski definition) is 2. The zero-order chi connectivity index (χ0) is 24.5. The molecule has 2 amide bonds. The van der Waals surface area contributed by atoms with Gasteiger partial charge < -0.3 is 10.6 Å². The number of amides is 2. The normalized spacial score (nSPS) is 12.9. The fourth-order valence-corrected chi connectivity index (χ4v) is 5.11. The number of nitrogens with zero attached hydrogens (tertiary/aromatic N) is 1. The van der Waals surface area contributed by atoms with E-state index in [0.29, 0.717) is 18.2 Å². The first kappa shape index (κ1) is 23.3. The van der Waals surface area contributed by atoms with Crippen LogP contribution in [-0.2, 0) is 21.2 Å². The van der Waals surface area contributed by atoms with Gasteiger partial charge in [-0.1, -0.05) is 24.3 Å². The molecule has 7 nitrogen and oxygen atoms in total. The molecule has 0 radical (unpaired) electrons. The number of anilines is 2. The summed E-state index contributed by atoms with van der Waals surface area (Å²) in [6.07, 6.45) is 0.573. The zero-order valence-electron chi connectivity index (χ0n) is 17.5. The van der Waals surface area contributed by atoms with Crippen LogP contribution in [0.2, 0.25) is 0 Å². The Morgan fingerprint density at radius 1 is 0.941 bits per heavy atom. The summed E-state index contributed by atoms with van der Waals surface area (Å²) < 4.78 is 67.6. The molecule has 1 aliphatic heterocycles. The number of para-hydroxylation sites is 1.